The molecular formula is C10H14O2. The number of aromatic hydroxyl groups is 1. The van der Waals surface area contributed by atoms with Crippen LogP contribution in [0.4, 0.5) is 0 Å². The molecule has 0 saturated heterocycles. The Bertz CT molecular complexity index is 256. The van der Waals surface area contributed by atoms with Gasteiger partial charge in [-0.2, -0.15) is 0 Å². The molecule has 1 aromatic carbocycles. The molecule has 0 aliphatic heterocycles. The molecule has 2 heteroatoms. The molecule has 2 N–H and O–H groups in total. The smallest absolute Gasteiger partial charge is 0.121 e. The number of para-hydroxylation sites is 1. The summed E-state index contributed by atoms with van der Waals surface area (Å²) in [4.78, 5) is 0. The third kappa shape index (κ3) is 1.98. The highest BCUT2D eigenvalue weighted by Crippen LogP contribution is 2.22. The summed E-state index contributed by atoms with van der Waals surface area (Å²) in [6, 6.07) is 5.68. The van der Waals surface area contributed by atoms with Gasteiger partial charge in [0.25, 0.3) is 0 Å². The van der Waals surface area contributed by atoms with E-state index >= 15 is 0 Å². The number of phenols is 1. The van der Waals surface area contributed by atoms with Crippen LogP contribution in [0.3, 0.4) is 0 Å². The topological polar surface area (TPSA) is 40.5 Å². The van der Waals surface area contributed by atoms with Gasteiger partial charge in [0.05, 0.1) is 0 Å². The third-order valence-electron chi connectivity index (χ3n) is 1.93. The molecule has 0 aliphatic rings. The van der Waals surface area contributed by atoms with Crippen LogP contribution in [0.1, 0.15) is 17.5 Å². The van der Waals surface area contributed by atoms with Gasteiger partial charge in [-0.15, -0.1) is 0 Å². The Hall–Kier alpha value is -1.02. The zero-order valence-corrected chi connectivity index (χ0v) is 7.25. The van der Waals surface area contributed by atoms with Gasteiger partial charge in [-0.05, 0) is 30.9 Å². The van der Waals surface area contributed by atoms with E-state index < -0.39 is 0 Å². The van der Waals surface area contributed by atoms with Crippen LogP contribution in [0.25, 0.3) is 0 Å². The zero-order valence-electron chi connectivity index (χ0n) is 7.25. The maximum absolute atomic E-state index is 9.54. The first-order chi connectivity index (χ1) is 5.75. The van der Waals surface area contributed by atoms with Crippen molar-refractivity contribution in [3.63, 3.8) is 0 Å². The summed E-state index contributed by atoms with van der Waals surface area (Å²) in [6.07, 6.45) is 1.45. The second-order valence-corrected chi connectivity index (χ2v) is 2.91. The molecule has 0 atom stereocenters. The largest absolute Gasteiger partial charge is 0.507 e. The molecule has 0 saturated carbocycles. The molecule has 0 aromatic heterocycles. The second kappa shape index (κ2) is 4.12. The number of aliphatic hydroxyl groups is 1. The first kappa shape index (κ1) is 9.07. The summed E-state index contributed by atoms with van der Waals surface area (Å²) in [6.45, 7) is 2.05. The predicted molar refractivity (Wildman–Crippen MR) is 48.3 cm³/mol. The van der Waals surface area contributed by atoms with Gasteiger partial charge in [0.15, 0.2) is 0 Å². The van der Waals surface area contributed by atoms with Crippen molar-refractivity contribution in [3.05, 3.63) is 29.3 Å². The molecule has 0 heterocycles. The average Bonchev–Trinajstić information content (AvgIpc) is 2.08. The molecule has 0 bridgehead atoms. The quantitative estimate of drug-likeness (QED) is 0.716. The summed E-state index contributed by atoms with van der Waals surface area (Å²) in [5.74, 6) is 0.367. The molecule has 2 nitrogen and oxygen atoms in total. The van der Waals surface area contributed by atoms with E-state index in [9.17, 15) is 5.11 Å². The molecule has 12 heavy (non-hydrogen) atoms. The van der Waals surface area contributed by atoms with Crippen LogP contribution >= 0.6 is 0 Å². The number of hydrogen-bond acceptors (Lipinski definition) is 2. The van der Waals surface area contributed by atoms with E-state index in [0.717, 1.165) is 17.5 Å². The molecule has 1 aromatic rings. The monoisotopic (exact) mass is 166 g/mol. The van der Waals surface area contributed by atoms with Crippen molar-refractivity contribution in [2.45, 2.75) is 19.8 Å². The van der Waals surface area contributed by atoms with Gasteiger partial charge in [-0.1, -0.05) is 18.2 Å². The fourth-order valence-corrected chi connectivity index (χ4v) is 1.19. The van der Waals surface area contributed by atoms with Crippen molar-refractivity contribution < 1.29 is 10.2 Å². The van der Waals surface area contributed by atoms with Gasteiger partial charge in [0.2, 0.25) is 0 Å². The molecule has 0 aliphatic carbocycles. The Morgan fingerprint density at radius 3 is 2.75 bits per heavy atom. The first-order valence-corrected chi connectivity index (χ1v) is 4.14. The van der Waals surface area contributed by atoms with E-state index in [1.165, 1.54) is 0 Å². The van der Waals surface area contributed by atoms with Crippen LogP contribution in [0, 0.1) is 6.92 Å². The Balaban J connectivity index is 2.78. The fourth-order valence-electron chi connectivity index (χ4n) is 1.19. The number of aryl methyl sites for hydroxylation is 2. The molecule has 0 radical (unpaired) electrons. The molecule has 0 fully saturated rings. The van der Waals surface area contributed by atoms with E-state index in [-0.39, 0.29) is 6.61 Å². The minimum atomic E-state index is 0.174. The van der Waals surface area contributed by atoms with Crippen molar-refractivity contribution in [1.82, 2.24) is 0 Å². The normalized spacial score (nSPS) is 10.2. The Labute approximate surface area is 72.5 Å². The third-order valence-corrected chi connectivity index (χ3v) is 1.93. The van der Waals surface area contributed by atoms with Gasteiger partial charge in [0.1, 0.15) is 5.75 Å². The van der Waals surface area contributed by atoms with E-state index in [1.54, 1.807) is 0 Å². The summed E-state index contributed by atoms with van der Waals surface area (Å²) >= 11 is 0. The highest BCUT2D eigenvalue weighted by Gasteiger charge is 2.01. The average molecular weight is 166 g/mol. The number of phenolic OH excluding ortho intramolecular Hbond substituents is 1. The molecule has 66 valence electrons. The van der Waals surface area contributed by atoms with E-state index in [0.29, 0.717) is 12.2 Å². The van der Waals surface area contributed by atoms with Crippen LogP contribution in [0.2, 0.25) is 0 Å². The van der Waals surface area contributed by atoms with Gasteiger partial charge in [-0.25, -0.2) is 0 Å². The fraction of sp³-hybridized carbons (Fsp3) is 0.400. The summed E-state index contributed by atoms with van der Waals surface area (Å²) in [5.41, 5.74) is 1.81. The lowest BCUT2D eigenvalue weighted by atomic mass is 10.1. The van der Waals surface area contributed by atoms with Crippen LogP contribution in [0.15, 0.2) is 18.2 Å². The summed E-state index contributed by atoms with van der Waals surface area (Å²) in [5, 5.41) is 18.1. The predicted octanol–water partition coefficient (Wildman–Crippen LogP) is 1.63. The number of aliphatic hydroxyl groups excluding tert-OH is 1. The lowest BCUT2D eigenvalue weighted by molar-refractivity contribution is 0.288. The first-order valence-electron chi connectivity index (χ1n) is 4.14. The highest BCUT2D eigenvalue weighted by atomic mass is 16.3. The van der Waals surface area contributed by atoms with E-state index in [2.05, 4.69) is 0 Å². The van der Waals surface area contributed by atoms with Crippen molar-refractivity contribution in [2.75, 3.05) is 6.61 Å². The number of rotatable bonds is 3. The lowest BCUT2D eigenvalue weighted by Crippen LogP contribution is -1.90. The van der Waals surface area contributed by atoms with Crippen molar-refractivity contribution >= 4 is 0 Å². The minimum Gasteiger partial charge on any atom is -0.507 e. The Kier molecular flexibility index (Phi) is 3.11. The lowest BCUT2D eigenvalue weighted by Gasteiger charge is -2.05. The number of benzene rings is 1. The molecule has 0 spiro atoms. The number of hydrogen-bond donors (Lipinski definition) is 2. The van der Waals surface area contributed by atoms with Gasteiger partial charge >= 0.3 is 0 Å². The molecule has 0 unspecified atom stereocenters. The maximum atomic E-state index is 9.54. The minimum absolute atomic E-state index is 0.174. The standard InChI is InChI=1S/C10H14O2/c1-8-4-2-5-9(10(8)12)6-3-7-11/h2,4-5,11-12H,3,6-7H2,1H3. The van der Waals surface area contributed by atoms with E-state index in [4.69, 9.17) is 5.11 Å². The van der Waals surface area contributed by atoms with Crippen LogP contribution < -0.4 is 0 Å². The second-order valence-electron chi connectivity index (χ2n) is 2.91. The molecule has 1 rings (SSSR count). The van der Waals surface area contributed by atoms with Gasteiger partial charge in [0, 0.05) is 6.61 Å². The Morgan fingerprint density at radius 2 is 2.08 bits per heavy atom. The summed E-state index contributed by atoms with van der Waals surface area (Å²) < 4.78 is 0. The maximum Gasteiger partial charge on any atom is 0.121 e. The van der Waals surface area contributed by atoms with Crippen molar-refractivity contribution in [2.24, 2.45) is 0 Å². The van der Waals surface area contributed by atoms with E-state index in [1.807, 2.05) is 25.1 Å². The SMILES string of the molecule is Cc1cccc(CCCO)c1O. The highest BCUT2D eigenvalue weighted by molar-refractivity contribution is 5.39. The van der Waals surface area contributed by atoms with Gasteiger partial charge < -0.3 is 10.2 Å². The van der Waals surface area contributed by atoms with Crippen LogP contribution in [-0.4, -0.2) is 16.8 Å². The Morgan fingerprint density at radius 1 is 1.33 bits per heavy atom. The molecular weight excluding hydrogens is 152 g/mol. The molecule has 0 amide bonds. The van der Waals surface area contributed by atoms with Crippen LogP contribution in [0.5, 0.6) is 5.75 Å². The zero-order chi connectivity index (χ0) is 8.97. The van der Waals surface area contributed by atoms with Crippen molar-refractivity contribution in [3.8, 4) is 5.75 Å². The van der Waals surface area contributed by atoms with Gasteiger partial charge in [-0.3, -0.25) is 0 Å². The summed E-state index contributed by atoms with van der Waals surface area (Å²) in [7, 11) is 0. The van der Waals surface area contributed by atoms with Crippen molar-refractivity contribution in [1.29, 1.82) is 0 Å². The van der Waals surface area contributed by atoms with Crippen LogP contribution in [-0.2, 0) is 6.42 Å².